The fraction of sp³-hybridized carbons (Fsp3) is 0.500. The van der Waals surface area contributed by atoms with Gasteiger partial charge in [0.2, 0.25) is 0 Å². The molecule has 6 nitrogen and oxygen atoms in total. The summed E-state index contributed by atoms with van der Waals surface area (Å²) in [5.41, 5.74) is -0.387. The van der Waals surface area contributed by atoms with Crippen LogP contribution < -0.4 is 0 Å². The Hall–Kier alpha value is -1.28. The van der Waals surface area contributed by atoms with E-state index in [-0.39, 0.29) is 26.8 Å². The van der Waals surface area contributed by atoms with E-state index in [1.165, 1.54) is 23.9 Å². The molecule has 20 heavy (non-hydrogen) atoms. The molecule has 0 saturated heterocycles. The van der Waals surface area contributed by atoms with Gasteiger partial charge in [-0.05, 0) is 0 Å². The third-order valence-electron chi connectivity index (χ3n) is 2.14. The Labute approximate surface area is 125 Å². The van der Waals surface area contributed by atoms with Crippen molar-refractivity contribution in [3.63, 3.8) is 0 Å². The van der Waals surface area contributed by atoms with Crippen molar-refractivity contribution in [2.24, 2.45) is 0 Å². The maximum Gasteiger partial charge on any atom is 0.291 e. The summed E-state index contributed by atoms with van der Waals surface area (Å²) >= 11 is 2.51. The van der Waals surface area contributed by atoms with Gasteiger partial charge in [-0.15, -0.1) is 23.5 Å². The number of nitro groups is 2. The van der Waals surface area contributed by atoms with Gasteiger partial charge >= 0.3 is 0 Å². The van der Waals surface area contributed by atoms with Crippen LogP contribution in [0.15, 0.2) is 21.9 Å². The summed E-state index contributed by atoms with van der Waals surface area (Å²) in [6.07, 6.45) is 0. The highest BCUT2D eigenvalue weighted by Gasteiger charge is 2.28. The van der Waals surface area contributed by atoms with Gasteiger partial charge in [-0.2, -0.15) is 0 Å². The van der Waals surface area contributed by atoms with Crippen LogP contribution in [0.25, 0.3) is 0 Å². The molecule has 0 N–H and O–H groups in total. The number of hydrogen-bond acceptors (Lipinski definition) is 6. The Kier molecular flexibility index (Phi) is 5.82. The van der Waals surface area contributed by atoms with E-state index in [1.807, 2.05) is 27.7 Å². The molecule has 1 aromatic rings. The third kappa shape index (κ3) is 4.38. The van der Waals surface area contributed by atoms with E-state index in [2.05, 4.69) is 0 Å². The zero-order valence-electron chi connectivity index (χ0n) is 11.7. The van der Waals surface area contributed by atoms with E-state index in [1.54, 1.807) is 0 Å². The molecule has 0 atom stereocenters. The zero-order chi connectivity index (χ0) is 15.4. The third-order valence-corrected chi connectivity index (χ3v) is 4.25. The van der Waals surface area contributed by atoms with Crippen LogP contribution >= 0.6 is 23.5 Å². The minimum Gasteiger partial charge on any atom is -0.258 e. The highest BCUT2D eigenvalue weighted by atomic mass is 32.2. The normalized spacial score (nSPS) is 11.1. The van der Waals surface area contributed by atoms with Gasteiger partial charge in [-0.3, -0.25) is 20.2 Å². The quantitative estimate of drug-likeness (QED) is 0.436. The maximum atomic E-state index is 11.2. The van der Waals surface area contributed by atoms with E-state index in [0.717, 1.165) is 11.8 Å². The molecule has 8 heteroatoms. The molecule has 110 valence electrons. The van der Waals surface area contributed by atoms with E-state index in [4.69, 9.17) is 0 Å². The highest BCUT2D eigenvalue weighted by Crippen LogP contribution is 2.42. The smallest absolute Gasteiger partial charge is 0.258 e. The van der Waals surface area contributed by atoms with Gasteiger partial charge < -0.3 is 0 Å². The molecule has 0 aliphatic rings. The Bertz CT molecular complexity index is 497. The second-order valence-electron chi connectivity index (χ2n) is 4.64. The average Bonchev–Trinajstić information content (AvgIpc) is 2.28. The van der Waals surface area contributed by atoms with Crippen LogP contribution in [0, 0.1) is 20.2 Å². The molecule has 0 radical (unpaired) electrons. The van der Waals surface area contributed by atoms with Gasteiger partial charge in [0, 0.05) is 27.5 Å². The van der Waals surface area contributed by atoms with Crippen LogP contribution in [-0.4, -0.2) is 20.3 Å². The van der Waals surface area contributed by atoms with Crippen LogP contribution in [0.5, 0.6) is 0 Å². The van der Waals surface area contributed by atoms with Gasteiger partial charge in [0.15, 0.2) is 4.90 Å². The van der Waals surface area contributed by atoms with Gasteiger partial charge in [0.25, 0.3) is 11.4 Å². The van der Waals surface area contributed by atoms with Gasteiger partial charge in [-0.25, -0.2) is 0 Å². The lowest BCUT2D eigenvalue weighted by molar-refractivity contribution is -0.400. The summed E-state index contributed by atoms with van der Waals surface area (Å²) in [5, 5.41) is 22.6. The number of benzene rings is 1. The summed E-state index contributed by atoms with van der Waals surface area (Å²) in [6, 6.07) is 2.84. The molecule has 0 aromatic heterocycles. The summed E-state index contributed by atoms with van der Waals surface area (Å²) in [5.74, 6) is 0. The summed E-state index contributed by atoms with van der Waals surface area (Å²) < 4.78 is 0. The average molecular weight is 316 g/mol. The number of thioether (sulfide) groups is 2. The van der Waals surface area contributed by atoms with Crippen LogP contribution in [0.1, 0.15) is 27.7 Å². The van der Waals surface area contributed by atoms with E-state index >= 15 is 0 Å². The molecule has 1 rings (SSSR count). The van der Waals surface area contributed by atoms with Crippen molar-refractivity contribution in [3.8, 4) is 0 Å². The fourth-order valence-corrected chi connectivity index (χ4v) is 3.42. The zero-order valence-corrected chi connectivity index (χ0v) is 13.3. The molecule has 0 heterocycles. The molecule has 0 unspecified atom stereocenters. The van der Waals surface area contributed by atoms with Crippen LogP contribution in [0.3, 0.4) is 0 Å². The SMILES string of the molecule is CC(C)Sc1cc([N+](=O)[O-])c(SC(C)C)c([N+](=O)[O-])c1. The molecule has 0 saturated carbocycles. The van der Waals surface area contributed by atoms with Crippen LogP contribution in [-0.2, 0) is 0 Å². The second kappa shape index (κ2) is 6.94. The predicted molar refractivity (Wildman–Crippen MR) is 81.7 cm³/mol. The Morgan fingerprint density at radius 3 is 1.60 bits per heavy atom. The van der Waals surface area contributed by atoms with Crippen molar-refractivity contribution in [2.45, 2.75) is 48.0 Å². The lowest BCUT2D eigenvalue weighted by Crippen LogP contribution is -2.00. The first-order valence-corrected chi connectivity index (χ1v) is 7.78. The Morgan fingerprint density at radius 1 is 0.900 bits per heavy atom. The van der Waals surface area contributed by atoms with Crippen molar-refractivity contribution in [2.75, 3.05) is 0 Å². The topological polar surface area (TPSA) is 86.3 Å². The number of rotatable bonds is 6. The molecule has 0 spiro atoms. The predicted octanol–water partition coefficient (Wildman–Crippen LogP) is 4.50. The number of hydrogen-bond donors (Lipinski definition) is 0. The van der Waals surface area contributed by atoms with E-state index in [0.29, 0.717) is 4.90 Å². The highest BCUT2D eigenvalue weighted by molar-refractivity contribution is 8.00. The molecule has 0 fully saturated rings. The number of nitro benzene ring substituents is 2. The first-order valence-electron chi connectivity index (χ1n) is 6.02. The number of nitrogens with zero attached hydrogens (tertiary/aromatic N) is 2. The van der Waals surface area contributed by atoms with Crippen molar-refractivity contribution in [3.05, 3.63) is 32.4 Å². The van der Waals surface area contributed by atoms with Crippen LogP contribution in [0.4, 0.5) is 11.4 Å². The second-order valence-corrected chi connectivity index (χ2v) is 7.87. The lowest BCUT2D eigenvalue weighted by Gasteiger charge is -2.10. The Balaban J connectivity index is 3.46. The van der Waals surface area contributed by atoms with Gasteiger partial charge in [0.1, 0.15) is 0 Å². The summed E-state index contributed by atoms with van der Waals surface area (Å²) in [4.78, 5) is 21.9. The standard InChI is InChI=1S/C12H16N2O4S2/c1-7(2)19-9-5-10(13(15)16)12(20-8(3)4)11(6-9)14(17)18/h5-8H,1-4H3. The van der Waals surface area contributed by atoms with Crippen molar-refractivity contribution in [1.29, 1.82) is 0 Å². The molecule has 0 aliphatic carbocycles. The fourth-order valence-electron chi connectivity index (χ4n) is 1.54. The van der Waals surface area contributed by atoms with E-state index < -0.39 is 9.85 Å². The first kappa shape index (κ1) is 16.8. The largest absolute Gasteiger partial charge is 0.291 e. The minimum absolute atomic E-state index is 0.0241. The molecule has 0 amide bonds. The van der Waals surface area contributed by atoms with Crippen molar-refractivity contribution >= 4 is 34.9 Å². The molecular weight excluding hydrogens is 300 g/mol. The summed E-state index contributed by atoms with van der Waals surface area (Å²) in [7, 11) is 0. The molecule has 0 bridgehead atoms. The minimum atomic E-state index is -0.553. The maximum absolute atomic E-state index is 11.2. The summed E-state index contributed by atoms with van der Waals surface area (Å²) in [6.45, 7) is 7.54. The molecular formula is C12H16N2O4S2. The van der Waals surface area contributed by atoms with Crippen LogP contribution in [0.2, 0.25) is 0 Å². The first-order chi connectivity index (χ1) is 9.22. The van der Waals surface area contributed by atoms with Gasteiger partial charge in [0.05, 0.1) is 9.85 Å². The lowest BCUT2D eigenvalue weighted by atomic mass is 10.3. The monoisotopic (exact) mass is 316 g/mol. The Morgan fingerprint density at radius 2 is 1.30 bits per heavy atom. The van der Waals surface area contributed by atoms with Crippen molar-refractivity contribution < 1.29 is 9.85 Å². The van der Waals surface area contributed by atoms with Gasteiger partial charge in [-0.1, -0.05) is 27.7 Å². The molecule has 0 aliphatic heterocycles. The van der Waals surface area contributed by atoms with Crippen molar-refractivity contribution in [1.82, 2.24) is 0 Å². The molecule has 1 aromatic carbocycles. The van der Waals surface area contributed by atoms with E-state index in [9.17, 15) is 20.2 Å².